The first-order valence-electron chi connectivity index (χ1n) is 3.65. The number of ether oxygens (including phenoxy) is 1. The van der Waals surface area contributed by atoms with Crippen LogP contribution in [0.2, 0.25) is 0 Å². The van der Waals surface area contributed by atoms with Crippen molar-refractivity contribution in [1.82, 2.24) is 5.32 Å². The van der Waals surface area contributed by atoms with Gasteiger partial charge in [0.2, 0.25) is 5.91 Å². The third kappa shape index (κ3) is 1.99. The lowest BCUT2D eigenvalue weighted by Gasteiger charge is -2.12. The summed E-state index contributed by atoms with van der Waals surface area (Å²) in [5.41, 5.74) is 0. The van der Waals surface area contributed by atoms with Gasteiger partial charge in [-0.05, 0) is 19.3 Å². The van der Waals surface area contributed by atoms with Crippen LogP contribution < -0.4 is 5.32 Å². The number of methoxy groups -OCH3 is 1. The van der Waals surface area contributed by atoms with Crippen LogP contribution >= 0.6 is 0 Å². The van der Waals surface area contributed by atoms with Crippen molar-refractivity contribution < 1.29 is 9.53 Å². The fraction of sp³-hybridized carbons (Fsp3) is 0.857. The summed E-state index contributed by atoms with van der Waals surface area (Å²) in [5.74, 6) is 0.115. The molecule has 0 radical (unpaired) electrons. The predicted molar refractivity (Wildman–Crippen MR) is 37.4 cm³/mol. The van der Waals surface area contributed by atoms with E-state index in [2.05, 4.69) is 5.32 Å². The maximum absolute atomic E-state index is 10.9. The van der Waals surface area contributed by atoms with Gasteiger partial charge in [0, 0.05) is 13.5 Å². The van der Waals surface area contributed by atoms with E-state index < -0.39 is 0 Å². The molecule has 0 spiro atoms. The molecule has 1 atom stereocenters. The van der Waals surface area contributed by atoms with Gasteiger partial charge < -0.3 is 10.1 Å². The van der Waals surface area contributed by atoms with Gasteiger partial charge in [0.1, 0.15) is 6.23 Å². The highest BCUT2D eigenvalue weighted by molar-refractivity contribution is 5.76. The Labute approximate surface area is 60.7 Å². The minimum absolute atomic E-state index is 0.0463. The second kappa shape index (κ2) is 3.56. The molecule has 1 saturated heterocycles. The van der Waals surface area contributed by atoms with Crippen LogP contribution in [0, 0.1) is 0 Å². The Balaban J connectivity index is 2.38. The standard InChI is InChI=1S/C7H13NO2/c1-10-7-5-3-2-4-6(9)8-7/h7H,2-5H2,1H3,(H,8,9). The van der Waals surface area contributed by atoms with Crippen LogP contribution in [0.25, 0.3) is 0 Å². The summed E-state index contributed by atoms with van der Waals surface area (Å²) in [4.78, 5) is 10.9. The van der Waals surface area contributed by atoms with Crippen molar-refractivity contribution in [2.24, 2.45) is 0 Å². The van der Waals surface area contributed by atoms with Crippen LogP contribution in [0.3, 0.4) is 0 Å². The second-order valence-electron chi connectivity index (χ2n) is 2.54. The van der Waals surface area contributed by atoms with E-state index in [0.29, 0.717) is 6.42 Å². The smallest absolute Gasteiger partial charge is 0.221 e. The summed E-state index contributed by atoms with van der Waals surface area (Å²) in [7, 11) is 1.62. The molecule has 1 aliphatic heterocycles. The van der Waals surface area contributed by atoms with Crippen LogP contribution in [0.5, 0.6) is 0 Å². The van der Waals surface area contributed by atoms with E-state index in [9.17, 15) is 4.79 Å². The second-order valence-corrected chi connectivity index (χ2v) is 2.54. The normalized spacial score (nSPS) is 27.3. The van der Waals surface area contributed by atoms with E-state index in [1.54, 1.807) is 7.11 Å². The van der Waals surface area contributed by atoms with Gasteiger partial charge in [-0.2, -0.15) is 0 Å². The first-order valence-corrected chi connectivity index (χ1v) is 3.65. The molecular formula is C7H13NO2. The quantitative estimate of drug-likeness (QED) is 0.585. The maximum atomic E-state index is 10.9. The molecular weight excluding hydrogens is 130 g/mol. The Hall–Kier alpha value is -0.570. The molecule has 1 heterocycles. The average Bonchev–Trinajstić information content (AvgIpc) is 2.13. The highest BCUT2D eigenvalue weighted by Gasteiger charge is 2.14. The predicted octanol–water partition coefficient (Wildman–Crippen LogP) is 0.649. The van der Waals surface area contributed by atoms with Crippen molar-refractivity contribution in [3.63, 3.8) is 0 Å². The number of rotatable bonds is 1. The monoisotopic (exact) mass is 143 g/mol. The van der Waals surface area contributed by atoms with E-state index in [0.717, 1.165) is 19.3 Å². The zero-order valence-corrected chi connectivity index (χ0v) is 6.22. The largest absolute Gasteiger partial charge is 0.362 e. The Morgan fingerprint density at radius 2 is 2.40 bits per heavy atom. The molecule has 1 N–H and O–H groups in total. The molecule has 58 valence electrons. The Kier molecular flexibility index (Phi) is 2.68. The maximum Gasteiger partial charge on any atom is 0.221 e. The van der Waals surface area contributed by atoms with Crippen molar-refractivity contribution >= 4 is 5.91 Å². The third-order valence-corrected chi connectivity index (χ3v) is 1.73. The SMILES string of the molecule is COC1CCCCC(=O)N1. The van der Waals surface area contributed by atoms with Gasteiger partial charge in [0.05, 0.1) is 0 Å². The van der Waals surface area contributed by atoms with Crippen LogP contribution in [-0.4, -0.2) is 19.2 Å². The van der Waals surface area contributed by atoms with Gasteiger partial charge in [0.15, 0.2) is 0 Å². The lowest BCUT2D eigenvalue weighted by atomic mass is 10.2. The van der Waals surface area contributed by atoms with Crippen molar-refractivity contribution in [2.45, 2.75) is 31.9 Å². The van der Waals surface area contributed by atoms with Gasteiger partial charge in [-0.3, -0.25) is 4.79 Å². The molecule has 0 aliphatic carbocycles. The van der Waals surface area contributed by atoms with Crippen molar-refractivity contribution in [1.29, 1.82) is 0 Å². The van der Waals surface area contributed by atoms with Gasteiger partial charge in [0.25, 0.3) is 0 Å². The van der Waals surface area contributed by atoms with E-state index in [4.69, 9.17) is 4.74 Å². The minimum Gasteiger partial charge on any atom is -0.362 e. The average molecular weight is 143 g/mol. The number of nitrogens with one attached hydrogen (secondary N) is 1. The number of carbonyl (C=O) groups excluding carboxylic acids is 1. The Morgan fingerprint density at radius 1 is 1.60 bits per heavy atom. The van der Waals surface area contributed by atoms with Gasteiger partial charge >= 0.3 is 0 Å². The molecule has 0 bridgehead atoms. The van der Waals surface area contributed by atoms with Crippen molar-refractivity contribution in [2.75, 3.05) is 7.11 Å². The summed E-state index contributed by atoms with van der Waals surface area (Å²) in [6.07, 6.45) is 3.63. The van der Waals surface area contributed by atoms with Gasteiger partial charge in [-0.1, -0.05) is 0 Å². The van der Waals surface area contributed by atoms with Crippen LogP contribution in [0.1, 0.15) is 25.7 Å². The van der Waals surface area contributed by atoms with E-state index in [1.807, 2.05) is 0 Å². The highest BCUT2D eigenvalue weighted by atomic mass is 16.5. The third-order valence-electron chi connectivity index (χ3n) is 1.73. The van der Waals surface area contributed by atoms with Crippen LogP contribution in [-0.2, 0) is 9.53 Å². The number of hydrogen-bond donors (Lipinski definition) is 1. The summed E-state index contributed by atoms with van der Waals surface area (Å²) < 4.78 is 5.01. The highest BCUT2D eigenvalue weighted by Crippen LogP contribution is 2.08. The summed E-state index contributed by atoms with van der Waals surface area (Å²) in [6.45, 7) is 0. The lowest BCUT2D eigenvalue weighted by molar-refractivity contribution is -0.124. The summed E-state index contributed by atoms with van der Waals surface area (Å²) in [6, 6.07) is 0. The molecule has 0 aromatic carbocycles. The lowest BCUT2D eigenvalue weighted by Crippen LogP contribution is -2.33. The van der Waals surface area contributed by atoms with Crippen LogP contribution in [0.15, 0.2) is 0 Å². The van der Waals surface area contributed by atoms with Crippen molar-refractivity contribution in [3.05, 3.63) is 0 Å². The Bertz CT molecular complexity index is 125. The van der Waals surface area contributed by atoms with Crippen LogP contribution in [0.4, 0.5) is 0 Å². The van der Waals surface area contributed by atoms with Gasteiger partial charge in [-0.15, -0.1) is 0 Å². The van der Waals surface area contributed by atoms with Crippen molar-refractivity contribution in [3.8, 4) is 0 Å². The first-order chi connectivity index (χ1) is 4.83. The zero-order chi connectivity index (χ0) is 7.40. The van der Waals surface area contributed by atoms with Gasteiger partial charge in [-0.25, -0.2) is 0 Å². The van der Waals surface area contributed by atoms with E-state index >= 15 is 0 Å². The fourth-order valence-corrected chi connectivity index (χ4v) is 1.12. The number of hydrogen-bond acceptors (Lipinski definition) is 2. The molecule has 1 aliphatic rings. The minimum atomic E-state index is -0.0463. The fourth-order valence-electron chi connectivity index (χ4n) is 1.12. The molecule has 3 heteroatoms. The molecule has 3 nitrogen and oxygen atoms in total. The molecule has 0 aromatic heterocycles. The first kappa shape index (κ1) is 7.54. The Morgan fingerprint density at radius 3 is 3.10 bits per heavy atom. The molecule has 1 amide bonds. The summed E-state index contributed by atoms with van der Waals surface area (Å²) in [5, 5.41) is 2.77. The topological polar surface area (TPSA) is 38.3 Å². The van der Waals surface area contributed by atoms with E-state index in [-0.39, 0.29) is 12.1 Å². The number of amides is 1. The molecule has 1 fully saturated rings. The molecule has 10 heavy (non-hydrogen) atoms. The summed E-state index contributed by atoms with van der Waals surface area (Å²) >= 11 is 0. The molecule has 1 unspecified atom stereocenters. The number of carbonyl (C=O) groups is 1. The molecule has 0 aromatic rings. The van der Waals surface area contributed by atoms with E-state index in [1.165, 1.54) is 0 Å². The molecule has 1 rings (SSSR count). The molecule has 0 saturated carbocycles. The zero-order valence-electron chi connectivity index (χ0n) is 6.22.